The van der Waals surface area contributed by atoms with Crippen LogP contribution in [-0.4, -0.2) is 39.1 Å². The number of carbonyl (C=O) groups excluding carboxylic acids is 1. The number of benzene rings is 1. The number of rotatable bonds is 9. The molecule has 1 heterocycles. The molecule has 1 fully saturated rings. The number of ether oxygens (including phenoxy) is 2. The summed E-state index contributed by atoms with van der Waals surface area (Å²) in [6.07, 6.45) is 5.52. The molecule has 2 unspecified atom stereocenters. The maximum atomic E-state index is 12.7. The molecule has 3 rings (SSSR count). The Kier molecular flexibility index (Phi) is 8.23. The Morgan fingerprint density at radius 1 is 1.13 bits per heavy atom. The molecule has 8 heteroatoms. The van der Waals surface area contributed by atoms with Crippen LogP contribution in [0.25, 0.3) is 0 Å². The van der Waals surface area contributed by atoms with Crippen LogP contribution in [0.2, 0.25) is 0 Å². The monoisotopic (exact) mass is 446 g/mol. The molecule has 1 saturated carbocycles. The first kappa shape index (κ1) is 23.4. The summed E-state index contributed by atoms with van der Waals surface area (Å²) in [5.41, 5.74) is 0. The summed E-state index contributed by atoms with van der Waals surface area (Å²) in [6, 6.07) is 7.95. The molecule has 2 aromatic rings. The number of hydrogen-bond acceptors (Lipinski definition) is 6. The first-order valence-electron chi connectivity index (χ1n) is 11.1. The van der Waals surface area contributed by atoms with E-state index in [1.807, 2.05) is 38.1 Å². The Morgan fingerprint density at radius 2 is 1.84 bits per heavy atom. The number of amides is 1. The van der Waals surface area contributed by atoms with Crippen molar-refractivity contribution >= 4 is 17.7 Å². The molecule has 31 heavy (non-hydrogen) atoms. The van der Waals surface area contributed by atoms with Crippen molar-refractivity contribution in [3.05, 3.63) is 30.1 Å². The maximum absolute atomic E-state index is 12.7. The van der Waals surface area contributed by atoms with Crippen molar-refractivity contribution in [1.82, 2.24) is 20.1 Å². The molecule has 0 radical (unpaired) electrons. The number of carbonyl (C=O) groups is 1. The van der Waals surface area contributed by atoms with E-state index in [9.17, 15) is 4.79 Å². The van der Waals surface area contributed by atoms with Gasteiger partial charge < -0.3 is 19.4 Å². The van der Waals surface area contributed by atoms with E-state index in [1.54, 1.807) is 7.11 Å². The van der Waals surface area contributed by atoms with Crippen LogP contribution in [0, 0.1) is 0 Å². The molecule has 1 N–H and O–H groups in total. The van der Waals surface area contributed by atoms with Crippen LogP contribution in [-0.2, 0) is 4.79 Å². The second-order valence-electron chi connectivity index (χ2n) is 8.35. The van der Waals surface area contributed by atoms with Gasteiger partial charge in [-0.25, -0.2) is 0 Å². The highest BCUT2D eigenvalue weighted by Crippen LogP contribution is 2.30. The molecule has 1 amide bonds. The first-order valence-corrected chi connectivity index (χ1v) is 12.0. The van der Waals surface area contributed by atoms with Crippen LogP contribution >= 0.6 is 11.8 Å². The van der Waals surface area contributed by atoms with Crippen molar-refractivity contribution < 1.29 is 14.3 Å². The van der Waals surface area contributed by atoms with Crippen LogP contribution in [0.15, 0.2) is 29.4 Å². The SMILES string of the molecule is COc1cccc(OC(C)c2nnc(SC(C)C(=O)NC3CCCCC3)n2C(C)C)c1. The number of nitrogens with one attached hydrogen (secondary N) is 1. The molecule has 7 nitrogen and oxygen atoms in total. The van der Waals surface area contributed by atoms with Crippen LogP contribution in [0.4, 0.5) is 0 Å². The van der Waals surface area contributed by atoms with Gasteiger partial charge in [0.1, 0.15) is 11.5 Å². The van der Waals surface area contributed by atoms with Gasteiger partial charge in [-0.1, -0.05) is 37.1 Å². The predicted octanol–water partition coefficient (Wildman–Crippen LogP) is 4.94. The molecule has 0 saturated heterocycles. The summed E-state index contributed by atoms with van der Waals surface area (Å²) in [5, 5.41) is 12.5. The van der Waals surface area contributed by atoms with Crippen LogP contribution in [0.3, 0.4) is 0 Å². The Morgan fingerprint density at radius 3 is 2.52 bits per heavy atom. The van der Waals surface area contributed by atoms with Gasteiger partial charge in [-0.2, -0.15) is 0 Å². The topological polar surface area (TPSA) is 78.3 Å². The molecule has 2 atom stereocenters. The molecule has 0 bridgehead atoms. The fraction of sp³-hybridized carbons (Fsp3) is 0.609. The highest BCUT2D eigenvalue weighted by Gasteiger charge is 2.26. The third-order valence-electron chi connectivity index (χ3n) is 5.53. The molecule has 1 aromatic carbocycles. The molecule has 0 aliphatic heterocycles. The quantitative estimate of drug-likeness (QED) is 0.550. The standard InChI is InChI=1S/C23H34N4O3S/c1-15(2)27-21(16(3)30-20-13-9-12-19(14-20)29-5)25-26-23(27)31-17(4)22(28)24-18-10-7-6-8-11-18/h9,12-18H,6-8,10-11H2,1-5H3,(H,24,28). The largest absolute Gasteiger partial charge is 0.497 e. The lowest BCUT2D eigenvalue weighted by Crippen LogP contribution is -2.40. The summed E-state index contributed by atoms with van der Waals surface area (Å²) >= 11 is 1.45. The smallest absolute Gasteiger partial charge is 0.233 e. The van der Waals surface area contributed by atoms with E-state index in [1.165, 1.54) is 31.0 Å². The zero-order chi connectivity index (χ0) is 22.4. The average Bonchev–Trinajstić information content (AvgIpc) is 3.18. The number of methoxy groups -OCH3 is 1. The van der Waals surface area contributed by atoms with Crippen molar-refractivity contribution in [2.24, 2.45) is 0 Å². The van der Waals surface area contributed by atoms with Crippen LogP contribution in [0.1, 0.15) is 77.8 Å². The van der Waals surface area contributed by atoms with Crippen molar-refractivity contribution in [2.45, 2.75) is 88.4 Å². The highest BCUT2D eigenvalue weighted by atomic mass is 32.2. The summed E-state index contributed by atoms with van der Waals surface area (Å²) in [7, 11) is 1.63. The Balaban J connectivity index is 1.69. The van der Waals surface area contributed by atoms with E-state index in [4.69, 9.17) is 9.47 Å². The average molecular weight is 447 g/mol. The van der Waals surface area contributed by atoms with Gasteiger partial charge >= 0.3 is 0 Å². The van der Waals surface area contributed by atoms with Crippen molar-refractivity contribution in [2.75, 3.05) is 7.11 Å². The normalized spacial score (nSPS) is 16.7. The zero-order valence-electron chi connectivity index (χ0n) is 19.1. The first-order chi connectivity index (χ1) is 14.9. The zero-order valence-corrected chi connectivity index (χ0v) is 19.9. The van der Waals surface area contributed by atoms with E-state index in [0.717, 1.165) is 29.6 Å². The van der Waals surface area contributed by atoms with Gasteiger partial charge in [0.25, 0.3) is 0 Å². The second kappa shape index (κ2) is 10.9. The number of thioether (sulfide) groups is 1. The molecule has 1 aliphatic rings. The highest BCUT2D eigenvalue weighted by molar-refractivity contribution is 8.00. The lowest BCUT2D eigenvalue weighted by Gasteiger charge is -2.24. The summed E-state index contributed by atoms with van der Waals surface area (Å²) in [6.45, 7) is 8.05. The molecule has 1 aliphatic carbocycles. The lowest BCUT2D eigenvalue weighted by atomic mass is 9.95. The van der Waals surface area contributed by atoms with Gasteiger partial charge in [-0.15, -0.1) is 10.2 Å². The summed E-state index contributed by atoms with van der Waals surface area (Å²) in [5.74, 6) is 2.25. The fourth-order valence-corrected chi connectivity index (χ4v) is 4.84. The second-order valence-corrected chi connectivity index (χ2v) is 9.66. The molecular formula is C23H34N4O3S. The van der Waals surface area contributed by atoms with Crippen molar-refractivity contribution in [3.63, 3.8) is 0 Å². The van der Waals surface area contributed by atoms with Crippen molar-refractivity contribution in [1.29, 1.82) is 0 Å². The van der Waals surface area contributed by atoms with Gasteiger partial charge in [0.15, 0.2) is 17.1 Å². The summed E-state index contributed by atoms with van der Waals surface area (Å²) in [4.78, 5) is 12.7. The Hall–Kier alpha value is -2.22. The predicted molar refractivity (Wildman–Crippen MR) is 123 cm³/mol. The fourth-order valence-electron chi connectivity index (χ4n) is 3.84. The van der Waals surface area contributed by atoms with E-state index in [-0.39, 0.29) is 23.3 Å². The van der Waals surface area contributed by atoms with Gasteiger partial charge in [0.05, 0.1) is 12.4 Å². The minimum atomic E-state index is -0.303. The number of nitrogens with zero attached hydrogens (tertiary/aromatic N) is 3. The molecule has 1 aromatic heterocycles. The minimum absolute atomic E-state index is 0.0671. The van der Waals surface area contributed by atoms with E-state index < -0.39 is 0 Å². The minimum Gasteiger partial charge on any atom is -0.497 e. The summed E-state index contributed by atoms with van der Waals surface area (Å²) < 4.78 is 13.4. The van der Waals surface area contributed by atoms with E-state index >= 15 is 0 Å². The van der Waals surface area contributed by atoms with E-state index in [0.29, 0.717) is 11.8 Å². The number of aromatic nitrogens is 3. The lowest BCUT2D eigenvalue weighted by molar-refractivity contribution is -0.121. The molecule has 170 valence electrons. The third-order valence-corrected chi connectivity index (χ3v) is 6.58. The van der Waals surface area contributed by atoms with Gasteiger partial charge in [-0.05, 0) is 52.7 Å². The molecule has 0 spiro atoms. The third kappa shape index (κ3) is 6.15. The number of hydrogen-bond donors (Lipinski definition) is 1. The van der Waals surface area contributed by atoms with Crippen molar-refractivity contribution in [3.8, 4) is 11.5 Å². The van der Waals surface area contributed by atoms with Gasteiger partial charge in [0.2, 0.25) is 5.91 Å². The Bertz CT molecular complexity index is 864. The van der Waals surface area contributed by atoms with E-state index in [2.05, 4.69) is 33.9 Å². The van der Waals surface area contributed by atoms with Crippen LogP contribution < -0.4 is 14.8 Å². The maximum Gasteiger partial charge on any atom is 0.233 e. The van der Waals surface area contributed by atoms with Gasteiger partial charge in [-0.3, -0.25) is 4.79 Å². The van der Waals surface area contributed by atoms with Crippen LogP contribution in [0.5, 0.6) is 11.5 Å². The Labute approximate surface area is 189 Å². The molecular weight excluding hydrogens is 412 g/mol. The van der Waals surface area contributed by atoms with Gasteiger partial charge in [0, 0.05) is 18.2 Å².